The van der Waals surface area contributed by atoms with Crippen molar-refractivity contribution >= 4 is 11.4 Å². The Morgan fingerprint density at radius 2 is 2.22 bits per heavy atom. The van der Waals surface area contributed by atoms with Crippen molar-refractivity contribution < 1.29 is 9.84 Å². The maximum absolute atomic E-state index is 8.78. The van der Waals surface area contributed by atoms with Gasteiger partial charge in [-0.05, 0) is 30.3 Å². The Bertz CT molecular complexity index is 483. The van der Waals surface area contributed by atoms with Crippen LogP contribution in [-0.4, -0.2) is 23.3 Å². The highest BCUT2D eigenvalue weighted by atomic mass is 16.5. The van der Waals surface area contributed by atoms with E-state index in [1.54, 1.807) is 12.1 Å². The van der Waals surface area contributed by atoms with E-state index >= 15 is 0 Å². The Hall–Kier alpha value is -2.14. The fourth-order valence-electron chi connectivity index (χ4n) is 1.64. The second-order valence-corrected chi connectivity index (χ2v) is 3.88. The molecule has 5 N–H and O–H groups in total. The predicted octanol–water partition coefficient (Wildman–Crippen LogP) is 1.58. The average Bonchev–Trinajstić information content (AvgIpc) is 2.88. The summed E-state index contributed by atoms with van der Waals surface area (Å²) < 4.78 is 5.43. The molecule has 0 spiro atoms. The quantitative estimate of drug-likeness (QED) is 0.584. The molecule has 18 heavy (non-hydrogen) atoms. The van der Waals surface area contributed by atoms with Crippen LogP contribution in [0, 0.1) is 0 Å². The van der Waals surface area contributed by atoms with Crippen molar-refractivity contribution in [1.29, 1.82) is 0 Å². The van der Waals surface area contributed by atoms with Crippen LogP contribution in [0.5, 0.6) is 5.75 Å². The minimum atomic E-state index is -0.0134. The van der Waals surface area contributed by atoms with Crippen molar-refractivity contribution in [3.63, 3.8) is 0 Å². The molecule has 1 aromatic carbocycles. The fourth-order valence-corrected chi connectivity index (χ4v) is 1.64. The number of aromatic nitrogens is 1. The van der Waals surface area contributed by atoms with E-state index in [1.165, 1.54) is 0 Å². The fraction of sp³-hybridized carbons (Fsp3) is 0.231. The van der Waals surface area contributed by atoms with E-state index in [-0.39, 0.29) is 13.2 Å². The number of nitrogen functional groups attached to an aromatic ring is 1. The van der Waals surface area contributed by atoms with Gasteiger partial charge in [-0.1, -0.05) is 0 Å². The molecule has 1 aromatic heterocycles. The minimum absolute atomic E-state index is 0.0134. The summed E-state index contributed by atoms with van der Waals surface area (Å²) in [5.41, 5.74) is 8.31. The molecule has 0 unspecified atom stereocenters. The molecule has 0 aliphatic rings. The van der Waals surface area contributed by atoms with Crippen molar-refractivity contribution in [2.75, 3.05) is 24.3 Å². The van der Waals surface area contributed by atoms with E-state index in [2.05, 4.69) is 10.3 Å². The molecule has 1 heterocycles. The van der Waals surface area contributed by atoms with Gasteiger partial charge in [-0.15, -0.1) is 0 Å². The molecule has 5 nitrogen and oxygen atoms in total. The Morgan fingerprint density at radius 3 is 2.94 bits per heavy atom. The zero-order valence-electron chi connectivity index (χ0n) is 10.0. The molecular weight excluding hydrogens is 230 g/mol. The van der Waals surface area contributed by atoms with E-state index < -0.39 is 0 Å². The minimum Gasteiger partial charge on any atom is -0.489 e. The van der Waals surface area contributed by atoms with Crippen molar-refractivity contribution in [3.05, 3.63) is 42.2 Å². The molecule has 96 valence electrons. The van der Waals surface area contributed by atoms with Gasteiger partial charge in [-0.25, -0.2) is 0 Å². The lowest BCUT2D eigenvalue weighted by Crippen LogP contribution is -2.06. The molecule has 0 bridgehead atoms. The molecule has 0 atom stereocenters. The van der Waals surface area contributed by atoms with Gasteiger partial charge in [0, 0.05) is 17.6 Å². The van der Waals surface area contributed by atoms with Crippen LogP contribution in [0.15, 0.2) is 36.5 Å². The van der Waals surface area contributed by atoms with Crippen LogP contribution >= 0.6 is 0 Å². The van der Waals surface area contributed by atoms with Gasteiger partial charge < -0.3 is 25.9 Å². The summed E-state index contributed by atoms with van der Waals surface area (Å²) in [6.45, 7) is 0.910. The molecule has 0 saturated heterocycles. The summed E-state index contributed by atoms with van der Waals surface area (Å²) in [5.74, 6) is 0.685. The molecule has 0 fully saturated rings. The molecule has 0 aliphatic heterocycles. The Balaban J connectivity index is 2.06. The van der Waals surface area contributed by atoms with Gasteiger partial charge >= 0.3 is 0 Å². The number of hydrogen-bond donors (Lipinski definition) is 4. The summed E-state index contributed by atoms with van der Waals surface area (Å²) in [4.78, 5) is 3.11. The summed E-state index contributed by atoms with van der Waals surface area (Å²) in [6.07, 6.45) is 1.87. The third-order valence-corrected chi connectivity index (χ3v) is 2.48. The molecule has 0 aliphatic carbocycles. The first-order valence-electron chi connectivity index (χ1n) is 5.79. The van der Waals surface area contributed by atoms with Crippen LogP contribution in [-0.2, 0) is 6.54 Å². The van der Waals surface area contributed by atoms with Crippen molar-refractivity contribution in [1.82, 2.24) is 4.98 Å². The van der Waals surface area contributed by atoms with Gasteiger partial charge in [-0.2, -0.15) is 0 Å². The number of H-pyrrole nitrogens is 1. The van der Waals surface area contributed by atoms with Crippen LogP contribution in [0.3, 0.4) is 0 Å². The smallest absolute Gasteiger partial charge is 0.142 e. The second kappa shape index (κ2) is 5.97. The monoisotopic (exact) mass is 247 g/mol. The molecule has 0 saturated carbocycles. The van der Waals surface area contributed by atoms with Gasteiger partial charge in [0.05, 0.1) is 18.8 Å². The normalized spacial score (nSPS) is 10.3. The van der Waals surface area contributed by atoms with Gasteiger partial charge in [0.25, 0.3) is 0 Å². The molecule has 0 amide bonds. The Kier molecular flexibility index (Phi) is 4.09. The number of aliphatic hydroxyl groups is 1. The number of aromatic amines is 1. The number of nitrogens with one attached hydrogen (secondary N) is 2. The summed E-state index contributed by atoms with van der Waals surface area (Å²) >= 11 is 0. The number of aliphatic hydroxyl groups excluding tert-OH is 1. The second-order valence-electron chi connectivity index (χ2n) is 3.88. The maximum atomic E-state index is 8.78. The van der Waals surface area contributed by atoms with Crippen LogP contribution in [0.25, 0.3) is 0 Å². The number of anilines is 2. The lowest BCUT2D eigenvalue weighted by Gasteiger charge is -2.13. The number of hydrogen-bond acceptors (Lipinski definition) is 4. The summed E-state index contributed by atoms with van der Waals surface area (Å²) in [7, 11) is 0. The highest BCUT2D eigenvalue weighted by molar-refractivity contribution is 5.63. The topological polar surface area (TPSA) is 83.3 Å². The first kappa shape index (κ1) is 12.3. The predicted molar refractivity (Wildman–Crippen MR) is 71.6 cm³/mol. The van der Waals surface area contributed by atoms with Crippen molar-refractivity contribution in [3.8, 4) is 5.75 Å². The van der Waals surface area contributed by atoms with E-state index in [0.717, 1.165) is 11.4 Å². The van der Waals surface area contributed by atoms with Gasteiger partial charge in [-0.3, -0.25) is 0 Å². The van der Waals surface area contributed by atoms with Crippen LogP contribution in [0.1, 0.15) is 5.69 Å². The first-order chi connectivity index (χ1) is 8.79. The first-order valence-corrected chi connectivity index (χ1v) is 5.79. The largest absolute Gasteiger partial charge is 0.489 e. The van der Waals surface area contributed by atoms with Crippen molar-refractivity contribution in [2.24, 2.45) is 0 Å². The molecule has 0 radical (unpaired) electrons. The highest BCUT2D eigenvalue weighted by Gasteiger charge is 2.04. The number of nitrogens with two attached hydrogens (primary N) is 1. The third-order valence-electron chi connectivity index (χ3n) is 2.48. The number of rotatable bonds is 6. The third kappa shape index (κ3) is 3.18. The van der Waals surface area contributed by atoms with E-state index in [1.807, 2.05) is 24.4 Å². The van der Waals surface area contributed by atoms with E-state index in [4.69, 9.17) is 15.6 Å². The molecule has 2 rings (SSSR count). The average molecular weight is 247 g/mol. The zero-order valence-corrected chi connectivity index (χ0v) is 10.0. The van der Waals surface area contributed by atoms with Crippen LogP contribution in [0.2, 0.25) is 0 Å². The lowest BCUT2D eigenvalue weighted by atomic mass is 10.2. The number of benzene rings is 1. The summed E-state index contributed by atoms with van der Waals surface area (Å²) in [6, 6.07) is 9.32. The van der Waals surface area contributed by atoms with Crippen molar-refractivity contribution in [2.45, 2.75) is 6.54 Å². The molecule has 5 heteroatoms. The van der Waals surface area contributed by atoms with Crippen LogP contribution < -0.4 is 15.8 Å². The summed E-state index contributed by atoms with van der Waals surface area (Å²) in [5, 5.41) is 12.0. The van der Waals surface area contributed by atoms with Gasteiger partial charge in [0.1, 0.15) is 12.4 Å². The van der Waals surface area contributed by atoms with Gasteiger partial charge in [0.15, 0.2) is 0 Å². The van der Waals surface area contributed by atoms with Gasteiger partial charge in [0.2, 0.25) is 0 Å². The Morgan fingerprint density at radius 1 is 1.33 bits per heavy atom. The standard InChI is InChI=1S/C13H17N3O2/c14-10-3-4-13(18-7-6-17)12(8-10)16-9-11-2-1-5-15-11/h1-5,8,15-17H,6-7,9,14H2. The van der Waals surface area contributed by atoms with E-state index in [9.17, 15) is 0 Å². The SMILES string of the molecule is Nc1ccc(OCCO)c(NCc2ccc[nH]2)c1. The van der Waals surface area contributed by atoms with Crippen LogP contribution in [0.4, 0.5) is 11.4 Å². The zero-order chi connectivity index (χ0) is 12.8. The lowest BCUT2D eigenvalue weighted by molar-refractivity contribution is 0.202. The molecule has 2 aromatic rings. The Labute approximate surface area is 106 Å². The number of ether oxygens (including phenoxy) is 1. The highest BCUT2D eigenvalue weighted by Crippen LogP contribution is 2.27. The maximum Gasteiger partial charge on any atom is 0.142 e. The van der Waals surface area contributed by atoms with E-state index in [0.29, 0.717) is 18.0 Å². The molecular formula is C13H17N3O2.